The summed E-state index contributed by atoms with van der Waals surface area (Å²) in [5.41, 5.74) is 6.88. The molecule has 0 bridgehead atoms. The summed E-state index contributed by atoms with van der Waals surface area (Å²) >= 11 is 5.97. The lowest BCUT2D eigenvalue weighted by molar-refractivity contribution is -0.117. The highest BCUT2D eigenvalue weighted by molar-refractivity contribution is 6.34. The molecule has 1 saturated carbocycles. The summed E-state index contributed by atoms with van der Waals surface area (Å²) in [6, 6.07) is 4.97. The maximum Gasteiger partial charge on any atom is 0.252 e. The molecule has 1 aromatic carbocycles. The fourth-order valence-corrected chi connectivity index (χ4v) is 2.88. The van der Waals surface area contributed by atoms with E-state index in [4.69, 9.17) is 17.3 Å². The Labute approximate surface area is 129 Å². The molecule has 0 saturated heterocycles. The number of carbonyl (C=O) groups excluding carboxylic acids is 2. The minimum atomic E-state index is -0.283. The van der Waals surface area contributed by atoms with E-state index >= 15 is 0 Å². The third-order valence-corrected chi connectivity index (χ3v) is 4.22. The summed E-state index contributed by atoms with van der Waals surface area (Å²) in [5, 5.41) is 5.67. The molecule has 5 nitrogen and oxygen atoms in total. The molecule has 0 radical (unpaired) electrons. The second-order valence-corrected chi connectivity index (χ2v) is 5.79. The summed E-state index contributed by atoms with van der Waals surface area (Å²) in [5.74, 6) is -0.118. The summed E-state index contributed by atoms with van der Waals surface area (Å²) in [7, 11) is 1.53. The van der Waals surface area contributed by atoms with E-state index in [1.807, 2.05) is 0 Å². The lowest BCUT2D eigenvalue weighted by atomic mass is 10.00. The van der Waals surface area contributed by atoms with Crippen LogP contribution in [0.25, 0.3) is 0 Å². The normalized spacial score (nSPS) is 21.1. The lowest BCUT2D eigenvalue weighted by Crippen LogP contribution is -2.28. The van der Waals surface area contributed by atoms with Crippen LogP contribution in [0.5, 0.6) is 0 Å². The molecule has 6 heteroatoms. The monoisotopic (exact) mass is 309 g/mol. The maximum atomic E-state index is 12.0. The van der Waals surface area contributed by atoms with E-state index in [0.717, 1.165) is 19.3 Å². The van der Waals surface area contributed by atoms with E-state index in [2.05, 4.69) is 10.6 Å². The number of nitrogens with two attached hydrogens (primary N) is 1. The average molecular weight is 310 g/mol. The van der Waals surface area contributed by atoms with Crippen LogP contribution < -0.4 is 16.4 Å². The molecule has 2 atom stereocenters. The van der Waals surface area contributed by atoms with E-state index in [-0.39, 0.29) is 23.8 Å². The van der Waals surface area contributed by atoms with Crippen LogP contribution in [0.2, 0.25) is 5.02 Å². The Bertz CT molecular complexity index is 548. The number of benzene rings is 1. The van der Waals surface area contributed by atoms with Crippen LogP contribution in [0, 0.1) is 5.92 Å². The van der Waals surface area contributed by atoms with Crippen molar-refractivity contribution < 1.29 is 9.59 Å². The second kappa shape index (κ2) is 6.91. The summed E-state index contributed by atoms with van der Waals surface area (Å²) < 4.78 is 0. The van der Waals surface area contributed by atoms with Gasteiger partial charge in [0.1, 0.15) is 0 Å². The van der Waals surface area contributed by atoms with E-state index < -0.39 is 0 Å². The molecule has 0 spiro atoms. The topological polar surface area (TPSA) is 84.2 Å². The van der Waals surface area contributed by atoms with Crippen molar-refractivity contribution in [3.8, 4) is 0 Å². The highest BCUT2D eigenvalue weighted by Crippen LogP contribution is 2.27. The van der Waals surface area contributed by atoms with Gasteiger partial charge in [-0.1, -0.05) is 18.0 Å². The fourth-order valence-electron chi connectivity index (χ4n) is 2.68. The van der Waals surface area contributed by atoms with Crippen molar-refractivity contribution in [1.29, 1.82) is 0 Å². The predicted molar refractivity (Wildman–Crippen MR) is 83.4 cm³/mol. The molecule has 0 heterocycles. The van der Waals surface area contributed by atoms with Gasteiger partial charge in [-0.3, -0.25) is 9.59 Å². The number of amides is 2. The van der Waals surface area contributed by atoms with Crippen molar-refractivity contribution in [3.63, 3.8) is 0 Å². The smallest absolute Gasteiger partial charge is 0.252 e. The predicted octanol–water partition coefficient (Wildman–Crippen LogP) is 2.16. The number of halogens is 1. The molecule has 2 rings (SSSR count). The molecule has 2 amide bonds. The van der Waals surface area contributed by atoms with Gasteiger partial charge in [-0.2, -0.15) is 0 Å². The van der Waals surface area contributed by atoms with Gasteiger partial charge in [0, 0.05) is 25.2 Å². The van der Waals surface area contributed by atoms with Gasteiger partial charge in [0.15, 0.2) is 0 Å². The highest BCUT2D eigenvalue weighted by Gasteiger charge is 2.26. The van der Waals surface area contributed by atoms with E-state index in [1.165, 1.54) is 7.05 Å². The minimum Gasteiger partial charge on any atom is -0.355 e. The second-order valence-electron chi connectivity index (χ2n) is 5.38. The van der Waals surface area contributed by atoms with Gasteiger partial charge in [-0.05, 0) is 37.0 Å². The quantitative estimate of drug-likeness (QED) is 0.797. The first kappa shape index (κ1) is 15.8. The summed E-state index contributed by atoms with van der Waals surface area (Å²) in [6.45, 7) is 0. The average Bonchev–Trinajstić information content (AvgIpc) is 2.85. The first-order chi connectivity index (χ1) is 10.0. The van der Waals surface area contributed by atoms with Crippen LogP contribution in [-0.4, -0.2) is 24.9 Å². The van der Waals surface area contributed by atoms with Gasteiger partial charge in [0.25, 0.3) is 5.91 Å². The van der Waals surface area contributed by atoms with Crippen LogP contribution in [-0.2, 0) is 4.79 Å². The SMILES string of the molecule is CNC(=O)c1cc(NC(=O)C[C@@H]2CCC[C@H]2N)ccc1Cl. The summed E-state index contributed by atoms with van der Waals surface area (Å²) in [6.07, 6.45) is 3.48. The zero-order valence-electron chi connectivity index (χ0n) is 12.0. The fraction of sp³-hybridized carbons (Fsp3) is 0.467. The summed E-state index contributed by atoms with van der Waals surface area (Å²) in [4.78, 5) is 23.7. The number of rotatable bonds is 4. The highest BCUT2D eigenvalue weighted by atomic mass is 35.5. The standard InChI is InChI=1S/C15H20ClN3O2/c1-18-15(21)11-8-10(5-6-12(11)16)19-14(20)7-9-3-2-4-13(9)17/h5-6,8-9,13H,2-4,7,17H2,1H3,(H,18,21)(H,19,20)/t9-,13+/m0/s1. The molecule has 114 valence electrons. The molecule has 1 fully saturated rings. The molecule has 1 aromatic rings. The van der Waals surface area contributed by atoms with Crippen molar-refractivity contribution >= 4 is 29.1 Å². The Morgan fingerprint density at radius 2 is 2.14 bits per heavy atom. The van der Waals surface area contributed by atoms with Crippen molar-refractivity contribution in [2.75, 3.05) is 12.4 Å². The van der Waals surface area contributed by atoms with Crippen molar-refractivity contribution in [2.45, 2.75) is 31.7 Å². The number of anilines is 1. The number of carbonyl (C=O) groups is 2. The third-order valence-electron chi connectivity index (χ3n) is 3.89. The van der Waals surface area contributed by atoms with Crippen LogP contribution in [0.3, 0.4) is 0 Å². The van der Waals surface area contributed by atoms with Crippen LogP contribution in [0.4, 0.5) is 5.69 Å². The number of hydrogen-bond acceptors (Lipinski definition) is 3. The van der Waals surface area contributed by atoms with Crippen molar-refractivity contribution in [1.82, 2.24) is 5.32 Å². The van der Waals surface area contributed by atoms with E-state index in [1.54, 1.807) is 18.2 Å². The minimum absolute atomic E-state index is 0.0810. The maximum absolute atomic E-state index is 12.0. The van der Waals surface area contributed by atoms with Crippen molar-refractivity contribution in [2.24, 2.45) is 11.7 Å². The Kier molecular flexibility index (Phi) is 5.20. The molecular formula is C15H20ClN3O2. The van der Waals surface area contributed by atoms with Crippen LogP contribution in [0.1, 0.15) is 36.0 Å². The van der Waals surface area contributed by atoms with Gasteiger partial charge in [0.05, 0.1) is 10.6 Å². The Hall–Kier alpha value is -1.59. The molecular weight excluding hydrogens is 290 g/mol. The van der Waals surface area contributed by atoms with Crippen molar-refractivity contribution in [3.05, 3.63) is 28.8 Å². The van der Waals surface area contributed by atoms with Crippen LogP contribution >= 0.6 is 11.6 Å². The molecule has 1 aliphatic carbocycles. The zero-order valence-corrected chi connectivity index (χ0v) is 12.7. The molecule has 0 aromatic heterocycles. The number of nitrogens with one attached hydrogen (secondary N) is 2. The molecule has 4 N–H and O–H groups in total. The zero-order chi connectivity index (χ0) is 15.4. The van der Waals surface area contributed by atoms with Gasteiger partial charge in [-0.15, -0.1) is 0 Å². The van der Waals surface area contributed by atoms with Gasteiger partial charge in [-0.25, -0.2) is 0 Å². The van der Waals surface area contributed by atoms with E-state index in [9.17, 15) is 9.59 Å². The Morgan fingerprint density at radius 1 is 1.38 bits per heavy atom. The first-order valence-corrected chi connectivity index (χ1v) is 7.46. The third kappa shape index (κ3) is 3.95. The molecule has 0 aliphatic heterocycles. The molecule has 0 unspecified atom stereocenters. The molecule has 1 aliphatic rings. The van der Waals surface area contributed by atoms with Gasteiger partial charge < -0.3 is 16.4 Å². The van der Waals surface area contributed by atoms with Gasteiger partial charge in [0.2, 0.25) is 5.91 Å². The van der Waals surface area contributed by atoms with Crippen LogP contribution in [0.15, 0.2) is 18.2 Å². The Morgan fingerprint density at radius 3 is 2.76 bits per heavy atom. The van der Waals surface area contributed by atoms with Gasteiger partial charge >= 0.3 is 0 Å². The lowest BCUT2D eigenvalue weighted by Gasteiger charge is -2.15. The van der Waals surface area contributed by atoms with E-state index in [0.29, 0.717) is 22.7 Å². The first-order valence-electron chi connectivity index (χ1n) is 7.08. The Balaban J connectivity index is 2.02. The molecule has 21 heavy (non-hydrogen) atoms. The number of hydrogen-bond donors (Lipinski definition) is 3. The largest absolute Gasteiger partial charge is 0.355 e.